The summed E-state index contributed by atoms with van der Waals surface area (Å²) in [6.45, 7) is 9.23. The van der Waals surface area contributed by atoms with Gasteiger partial charge in [0.2, 0.25) is 5.91 Å². The van der Waals surface area contributed by atoms with Gasteiger partial charge in [0.05, 0.1) is 12.1 Å². The Kier molecular flexibility index (Phi) is 6.16. The second-order valence-electron chi connectivity index (χ2n) is 4.60. The van der Waals surface area contributed by atoms with Crippen molar-refractivity contribution in [2.24, 2.45) is 5.73 Å². The number of esters is 1. The normalized spacial score (nSPS) is 14.3. The van der Waals surface area contributed by atoms with Gasteiger partial charge in [0, 0.05) is 6.04 Å². The summed E-state index contributed by atoms with van der Waals surface area (Å²) in [5.74, 6) is -0.621. The van der Waals surface area contributed by atoms with E-state index in [1.54, 1.807) is 13.8 Å². The number of nitrogens with zero attached hydrogens (tertiary/aromatic N) is 1. The fourth-order valence-corrected chi connectivity index (χ4v) is 1.31. The van der Waals surface area contributed by atoms with Crippen molar-refractivity contribution in [3.05, 3.63) is 0 Å². The Morgan fingerprint density at radius 1 is 1.35 bits per heavy atom. The van der Waals surface area contributed by atoms with E-state index in [9.17, 15) is 9.59 Å². The van der Waals surface area contributed by atoms with Crippen LogP contribution in [0.1, 0.15) is 41.0 Å². The van der Waals surface area contributed by atoms with Crippen LogP contribution in [-0.2, 0) is 14.3 Å². The van der Waals surface area contributed by atoms with Crippen LogP contribution in [0.3, 0.4) is 0 Å². The molecule has 1 amide bonds. The molecule has 0 aliphatic heterocycles. The molecule has 2 N–H and O–H groups in total. The molecule has 0 bridgehead atoms. The molecule has 5 heteroatoms. The van der Waals surface area contributed by atoms with Crippen molar-refractivity contribution < 1.29 is 14.3 Å². The largest absolute Gasteiger partial charge is 0.465 e. The zero-order chi connectivity index (χ0) is 13.6. The maximum Gasteiger partial charge on any atom is 0.325 e. The van der Waals surface area contributed by atoms with Crippen LogP contribution in [-0.4, -0.2) is 41.5 Å². The van der Waals surface area contributed by atoms with E-state index >= 15 is 0 Å². The van der Waals surface area contributed by atoms with Crippen LogP contribution in [0, 0.1) is 0 Å². The van der Waals surface area contributed by atoms with Crippen molar-refractivity contribution in [1.29, 1.82) is 0 Å². The molecule has 0 saturated carbocycles. The van der Waals surface area contributed by atoms with Crippen molar-refractivity contribution in [1.82, 2.24) is 4.90 Å². The summed E-state index contributed by atoms with van der Waals surface area (Å²) in [7, 11) is 0. The highest BCUT2D eigenvalue weighted by Gasteiger charge is 2.33. The van der Waals surface area contributed by atoms with Crippen molar-refractivity contribution in [3.63, 3.8) is 0 Å². The third kappa shape index (κ3) is 4.73. The minimum atomic E-state index is -0.934. The average molecular weight is 244 g/mol. The van der Waals surface area contributed by atoms with Crippen molar-refractivity contribution in [3.8, 4) is 0 Å². The van der Waals surface area contributed by atoms with Crippen LogP contribution in [0.4, 0.5) is 0 Å². The van der Waals surface area contributed by atoms with E-state index in [0.29, 0.717) is 13.0 Å². The lowest BCUT2D eigenvalue weighted by molar-refractivity contribution is -0.152. The Bertz CT molecular complexity index is 275. The molecule has 1 atom stereocenters. The number of nitrogens with two attached hydrogens (primary N) is 1. The minimum absolute atomic E-state index is 0.0445. The smallest absolute Gasteiger partial charge is 0.325 e. The van der Waals surface area contributed by atoms with E-state index < -0.39 is 11.5 Å². The first-order chi connectivity index (χ1) is 7.76. The molecule has 0 aromatic rings. The van der Waals surface area contributed by atoms with Gasteiger partial charge in [-0.1, -0.05) is 6.92 Å². The van der Waals surface area contributed by atoms with E-state index in [0.717, 1.165) is 0 Å². The number of hydrogen-bond acceptors (Lipinski definition) is 4. The molecule has 0 radical (unpaired) electrons. The standard InChI is InChI=1S/C12H24N2O3/c1-6-12(5,13)11(16)14(9(3)4)8-10(15)17-7-2/h9H,6-8,13H2,1-5H3. The van der Waals surface area contributed by atoms with E-state index in [1.165, 1.54) is 4.90 Å². The highest BCUT2D eigenvalue weighted by Crippen LogP contribution is 2.12. The highest BCUT2D eigenvalue weighted by molar-refractivity contribution is 5.88. The van der Waals surface area contributed by atoms with Gasteiger partial charge in [-0.3, -0.25) is 9.59 Å². The predicted molar refractivity (Wildman–Crippen MR) is 66.4 cm³/mol. The number of hydrogen-bond donors (Lipinski definition) is 1. The molecular formula is C12H24N2O3. The van der Waals surface area contributed by atoms with Gasteiger partial charge in [0.15, 0.2) is 0 Å². The van der Waals surface area contributed by atoms with Crippen molar-refractivity contribution in [2.45, 2.75) is 52.6 Å². The van der Waals surface area contributed by atoms with Crippen LogP contribution >= 0.6 is 0 Å². The molecule has 0 aromatic carbocycles. The average Bonchev–Trinajstić information content (AvgIpc) is 2.25. The molecule has 0 aliphatic carbocycles. The van der Waals surface area contributed by atoms with Crippen LogP contribution < -0.4 is 5.73 Å². The van der Waals surface area contributed by atoms with Gasteiger partial charge in [-0.15, -0.1) is 0 Å². The third-order valence-corrected chi connectivity index (χ3v) is 2.71. The number of ether oxygens (including phenoxy) is 1. The number of amides is 1. The van der Waals surface area contributed by atoms with Gasteiger partial charge in [0.25, 0.3) is 0 Å². The summed E-state index contributed by atoms with van der Waals surface area (Å²) in [4.78, 5) is 25.1. The van der Waals surface area contributed by atoms with Gasteiger partial charge in [-0.05, 0) is 34.1 Å². The first-order valence-electron chi connectivity index (χ1n) is 6.01. The molecule has 17 heavy (non-hydrogen) atoms. The van der Waals surface area contributed by atoms with E-state index in [4.69, 9.17) is 10.5 Å². The third-order valence-electron chi connectivity index (χ3n) is 2.71. The Morgan fingerprint density at radius 2 is 1.88 bits per heavy atom. The molecule has 0 fully saturated rings. The summed E-state index contributed by atoms with van der Waals surface area (Å²) in [5.41, 5.74) is 4.97. The molecule has 0 saturated heterocycles. The minimum Gasteiger partial charge on any atom is -0.465 e. The fourth-order valence-electron chi connectivity index (χ4n) is 1.31. The van der Waals surface area contributed by atoms with Gasteiger partial charge >= 0.3 is 5.97 Å². The number of carbonyl (C=O) groups excluding carboxylic acids is 2. The maximum atomic E-state index is 12.2. The molecule has 0 aromatic heterocycles. The summed E-state index contributed by atoms with van der Waals surface area (Å²) in [6.07, 6.45) is 0.526. The molecule has 0 aliphatic rings. The van der Waals surface area contributed by atoms with E-state index in [-0.39, 0.29) is 18.5 Å². The van der Waals surface area contributed by atoms with Crippen molar-refractivity contribution in [2.75, 3.05) is 13.2 Å². The summed E-state index contributed by atoms with van der Waals surface area (Å²) in [6, 6.07) is -0.0821. The first kappa shape index (κ1) is 15.9. The fraction of sp³-hybridized carbons (Fsp3) is 0.833. The SMILES string of the molecule is CCOC(=O)CN(C(=O)C(C)(N)CC)C(C)C. The predicted octanol–water partition coefficient (Wildman–Crippen LogP) is 0.914. The Morgan fingerprint density at radius 3 is 2.24 bits per heavy atom. The lowest BCUT2D eigenvalue weighted by atomic mass is 9.98. The van der Waals surface area contributed by atoms with E-state index in [1.807, 2.05) is 20.8 Å². The second-order valence-corrected chi connectivity index (χ2v) is 4.60. The van der Waals surface area contributed by atoms with E-state index in [2.05, 4.69) is 0 Å². The van der Waals surface area contributed by atoms with Crippen LogP contribution in [0.5, 0.6) is 0 Å². The molecule has 0 heterocycles. The van der Waals surface area contributed by atoms with Crippen LogP contribution in [0.2, 0.25) is 0 Å². The van der Waals surface area contributed by atoms with Gasteiger partial charge in [-0.25, -0.2) is 0 Å². The molecule has 1 unspecified atom stereocenters. The van der Waals surface area contributed by atoms with Crippen molar-refractivity contribution >= 4 is 11.9 Å². The Labute approximate surface area is 103 Å². The zero-order valence-electron chi connectivity index (χ0n) is 11.4. The number of carbonyl (C=O) groups is 2. The lowest BCUT2D eigenvalue weighted by Crippen LogP contribution is -2.56. The molecule has 0 rings (SSSR count). The molecule has 0 spiro atoms. The number of rotatable bonds is 6. The molecular weight excluding hydrogens is 220 g/mol. The first-order valence-corrected chi connectivity index (χ1v) is 6.01. The monoisotopic (exact) mass is 244 g/mol. The van der Waals surface area contributed by atoms with Gasteiger partial charge < -0.3 is 15.4 Å². The van der Waals surface area contributed by atoms with Crippen LogP contribution in [0.25, 0.3) is 0 Å². The summed E-state index contributed by atoms with van der Waals surface area (Å²) in [5, 5.41) is 0. The highest BCUT2D eigenvalue weighted by atomic mass is 16.5. The Hall–Kier alpha value is -1.10. The maximum absolute atomic E-state index is 12.2. The molecule has 5 nitrogen and oxygen atoms in total. The second kappa shape index (κ2) is 6.59. The topological polar surface area (TPSA) is 72.6 Å². The Balaban J connectivity index is 4.75. The molecule has 100 valence electrons. The lowest BCUT2D eigenvalue weighted by Gasteiger charge is -2.33. The van der Waals surface area contributed by atoms with Gasteiger partial charge in [0.1, 0.15) is 6.54 Å². The zero-order valence-corrected chi connectivity index (χ0v) is 11.4. The van der Waals surface area contributed by atoms with Crippen LogP contribution in [0.15, 0.2) is 0 Å². The summed E-state index contributed by atoms with van der Waals surface area (Å²) >= 11 is 0. The quantitative estimate of drug-likeness (QED) is 0.705. The van der Waals surface area contributed by atoms with Gasteiger partial charge in [-0.2, -0.15) is 0 Å². The summed E-state index contributed by atoms with van der Waals surface area (Å²) < 4.78 is 4.85.